The van der Waals surface area contributed by atoms with E-state index in [1.165, 1.54) is 0 Å². The van der Waals surface area contributed by atoms with Crippen LogP contribution >= 0.6 is 0 Å². The summed E-state index contributed by atoms with van der Waals surface area (Å²) in [6.07, 6.45) is 2.11. The molecule has 0 atom stereocenters. The average Bonchev–Trinajstić information content (AvgIpc) is 2.25. The quantitative estimate of drug-likeness (QED) is 0.495. The van der Waals surface area contributed by atoms with Crippen LogP contribution in [0.15, 0.2) is 0 Å². The predicted molar refractivity (Wildman–Crippen MR) is 65.7 cm³/mol. The summed E-state index contributed by atoms with van der Waals surface area (Å²) in [6.45, 7) is 9.15. The molecule has 0 bridgehead atoms. The molecule has 0 saturated heterocycles. The lowest BCUT2D eigenvalue weighted by molar-refractivity contribution is 0.0897. The van der Waals surface area contributed by atoms with Crippen LogP contribution in [0.1, 0.15) is 26.7 Å². The molecule has 0 aliphatic heterocycles. The maximum absolute atomic E-state index is 8.47. The maximum Gasteiger partial charge on any atom is 0.0697 e. The van der Waals surface area contributed by atoms with Gasteiger partial charge in [0, 0.05) is 19.8 Å². The molecule has 0 aliphatic carbocycles. The van der Waals surface area contributed by atoms with Crippen molar-refractivity contribution >= 4 is 0 Å². The van der Waals surface area contributed by atoms with Crippen molar-refractivity contribution in [1.29, 1.82) is 0 Å². The van der Waals surface area contributed by atoms with Gasteiger partial charge in [-0.15, -0.1) is 0 Å². The van der Waals surface area contributed by atoms with Gasteiger partial charge < -0.3 is 19.9 Å². The minimum absolute atomic E-state index is 0.108. The molecule has 4 nitrogen and oxygen atoms in total. The third-order valence-electron chi connectivity index (χ3n) is 2.14. The molecule has 0 aromatic rings. The van der Waals surface area contributed by atoms with E-state index in [2.05, 4.69) is 19.2 Å². The second-order valence-corrected chi connectivity index (χ2v) is 4.23. The van der Waals surface area contributed by atoms with E-state index in [0.29, 0.717) is 13.2 Å². The van der Waals surface area contributed by atoms with Crippen molar-refractivity contribution in [1.82, 2.24) is 5.32 Å². The van der Waals surface area contributed by atoms with E-state index in [0.717, 1.165) is 45.1 Å². The topological polar surface area (TPSA) is 50.7 Å². The molecular weight excluding hydrogens is 206 g/mol. The molecule has 0 fully saturated rings. The zero-order valence-corrected chi connectivity index (χ0v) is 10.7. The number of hydrogen-bond acceptors (Lipinski definition) is 4. The fraction of sp³-hybridized carbons (Fsp3) is 1.00. The molecule has 98 valence electrons. The lowest BCUT2D eigenvalue weighted by Crippen LogP contribution is -2.22. The molecule has 16 heavy (non-hydrogen) atoms. The molecule has 0 spiro atoms. The molecule has 0 rings (SSSR count). The summed E-state index contributed by atoms with van der Waals surface area (Å²) in [4.78, 5) is 0. The molecule has 0 radical (unpaired) electrons. The van der Waals surface area contributed by atoms with E-state index in [1.807, 2.05) is 0 Å². The first-order valence-electron chi connectivity index (χ1n) is 6.24. The van der Waals surface area contributed by atoms with E-state index < -0.39 is 0 Å². The molecular formula is C12H27NO3. The van der Waals surface area contributed by atoms with Gasteiger partial charge in [-0.3, -0.25) is 0 Å². The average molecular weight is 233 g/mol. The van der Waals surface area contributed by atoms with E-state index in [-0.39, 0.29) is 6.61 Å². The molecule has 0 aliphatic rings. The van der Waals surface area contributed by atoms with Crippen LogP contribution in [0.25, 0.3) is 0 Å². The van der Waals surface area contributed by atoms with Gasteiger partial charge in [-0.2, -0.15) is 0 Å². The zero-order chi connectivity index (χ0) is 12.1. The molecule has 0 aromatic heterocycles. The molecule has 0 amide bonds. The number of rotatable bonds is 12. The Balaban J connectivity index is 2.88. The lowest BCUT2D eigenvalue weighted by atomic mass is 10.1. The van der Waals surface area contributed by atoms with Crippen molar-refractivity contribution < 1.29 is 14.6 Å². The van der Waals surface area contributed by atoms with Gasteiger partial charge in [0.05, 0.1) is 19.8 Å². The first-order valence-corrected chi connectivity index (χ1v) is 6.24. The molecule has 0 aromatic carbocycles. The Morgan fingerprint density at radius 3 is 2.44 bits per heavy atom. The fourth-order valence-corrected chi connectivity index (χ4v) is 1.16. The number of aliphatic hydroxyl groups excluding tert-OH is 1. The molecule has 0 unspecified atom stereocenters. The van der Waals surface area contributed by atoms with Gasteiger partial charge in [0.1, 0.15) is 0 Å². The van der Waals surface area contributed by atoms with Crippen molar-refractivity contribution in [2.45, 2.75) is 26.7 Å². The van der Waals surface area contributed by atoms with Crippen molar-refractivity contribution in [3.63, 3.8) is 0 Å². The highest BCUT2D eigenvalue weighted by Gasteiger charge is 1.94. The Morgan fingerprint density at radius 2 is 1.75 bits per heavy atom. The summed E-state index contributed by atoms with van der Waals surface area (Å²) in [5.41, 5.74) is 0. The van der Waals surface area contributed by atoms with Crippen LogP contribution in [-0.4, -0.2) is 51.2 Å². The highest BCUT2D eigenvalue weighted by atomic mass is 16.5. The van der Waals surface area contributed by atoms with Crippen molar-refractivity contribution in [3.8, 4) is 0 Å². The minimum Gasteiger partial charge on any atom is -0.394 e. The van der Waals surface area contributed by atoms with Crippen LogP contribution in [0.3, 0.4) is 0 Å². The van der Waals surface area contributed by atoms with Crippen LogP contribution in [0.2, 0.25) is 0 Å². The molecule has 4 heteroatoms. The van der Waals surface area contributed by atoms with Gasteiger partial charge in [-0.1, -0.05) is 13.8 Å². The number of hydrogen-bond donors (Lipinski definition) is 2. The SMILES string of the molecule is CC(C)CCOCCNCCCOCCO. The van der Waals surface area contributed by atoms with E-state index in [1.54, 1.807) is 0 Å². The van der Waals surface area contributed by atoms with E-state index >= 15 is 0 Å². The summed E-state index contributed by atoms with van der Waals surface area (Å²) >= 11 is 0. The normalized spacial score (nSPS) is 11.2. The van der Waals surface area contributed by atoms with Gasteiger partial charge in [0.15, 0.2) is 0 Å². The first-order chi connectivity index (χ1) is 7.77. The van der Waals surface area contributed by atoms with Crippen molar-refractivity contribution in [3.05, 3.63) is 0 Å². The molecule has 0 saturated carbocycles. The Labute approximate surface area is 99.3 Å². The summed E-state index contributed by atoms with van der Waals surface area (Å²) in [6, 6.07) is 0. The third kappa shape index (κ3) is 13.8. The number of aliphatic hydroxyl groups is 1. The second kappa shape index (κ2) is 12.9. The Kier molecular flexibility index (Phi) is 12.8. The fourth-order valence-electron chi connectivity index (χ4n) is 1.16. The van der Waals surface area contributed by atoms with Crippen LogP contribution in [0, 0.1) is 5.92 Å². The maximum atomic E-state index is 8.47. The Morgan fingerprint density at radius 1 is 1.00 bits per heavy atom. The van der Waals surface area contributed by atoms with E-state index in [4.69, 9.17) is 14.6 Å². The smallest absolute Gasteiger partial charge is 0.0697 e. The van der Waals surface area contributed by atoms with Crippen LogP contribution < -0.4 is 5.32 Å². The van der Waals surface area contributed by atoms with Crippen LogP contribution in [0.5, 0.6) is 0 Å². The predicted octanol–water partition coefficient (Wildman–Crippen LogP) is 1.04. The summed E-state index contributed by atoms with van der Waals surface area (Å²) < 4.78 is 10.6. The minimum atomic E-state index is 0.108. The monoisotopic (exact) mass is 233 g/mol. The summed E-state index contributed by atoms with van der Waals surface area (Å²) in [5, 5.41) is 11.8. The van der Waals surface area contributed by atoms with Gasteiger partial charge in [-0.05, 0) is 25.3 Å². The highest BCUT2D eigenvalue weighted by Crippen LogP contribution is 1.98. The van der Waals surface area contributed by atoms with Crippen LogP contribution in [0.4, 0.5) is 0 Å². The standard InChI is InChI=1S/C12H27NO3/c1-12(2)4-9-16-10-6-13-5-3-8-15-11-7-14/h12-14H,3-11H2,1-2H3. The Bertz CT molecular complexity index is 131. The Hall–Kier alpha value is -0.160. The molecule has 0 heterocycles. The highest BCUT2D eigenvalue weighted by molar-refractivity contribution is 4.47. The summed E-state index contributed by atoms with van der Waals surface area (Å²) in [5.74, 6) is 0.719. The molecule has 2 N–H and O–H groups in total. The lowest BCUT2D eigenvalue weighted by Gasteiger charge is -2.07. The third-order valence-corrected chi connectivity index (χ3v) is 2.14. The van der Waals surface area contributed by atoms with Crippen molar-refractivity contribution in [2.24, 2.45) is 5.92 Å². The second-order valence-electron chi connectivity index (χ2n) is 4.23. The summed E-state index contributed by atoms with van der Waals surface area (Å²) in [7, 11) is 0. The number of nitrogens with one attached hydrogen (secondary N) is 1. The van der Waals surface area contributed by atoms with E-state index in [9.17, 15) is 0 Å². The largest absolute Gasteiger partial charge is 0.394 e. The zero-order valence-electron chi connectivity index (χ0n) is 10.7. The van der Waals surface area contributed by atoms with Crippen molar-refractivity contribution in [2.75, 3.05) is 46.1 Å². The first kappa shape index (κ1) is 15.8. The number of ether oxygens (including phenoxy) is 2. The van der Waals surface area contributed by atoms with Gasteiger partial charge >= 0.3 is 0 Å². The van der Waals surface area contributed by atoms with Gasteiger partial charge in [0.2, 0.25) is 0 Å². The van der Waals surface area contributed by atoms with Crippen LogP contribution in [-0.2, 0) is 9.47 Å². The van der Waals surface area contributed by atoms with Gasteiger partial charge in [-0.25, -0.2) is 0 Å². The van der Waals surface area contributed by atoms with Gasteiger partial charge in [0.25, 0.3) is 0 Å².